The predicted molar refractivity (Wildman–Crippen MR) is 144 cm³/mol. The third-order valence-electron chi connectivity index (χ3n) is 6.52. The van der Waals surface area contributed by atoms with Gasteiger partial charge in [0, 0.05) is 31.9 Å². The first-order valence-corrected chi connectivity index (χ1v) is 13.7. The summed E-state index contributed by atoms with van der Waals surface area (Å²) in [6.45, 7) is 4.09. The van der Waals surface area contributed by atoms with Gasteiger partial charge in [0.15, 0.2) is 0 Å². The molecule has 1 heterocycles. The molecule has 8 nitrogen and oxygen atoms in total. The van der Waals surface area contributed by atoms with Gasteiger partial charge in [-0.2, -0.15) is 4.72 Å². The number of hydrogen-bond acceptors (Lipinski definition) is 6. The Hall–Kier alpha value is -3.56. The molecule has 196 valence electrons. The molecule has 0 radical (unpaired) electrons. The largest absolute Gasteiger partial charge is 0.497 e. The molecule has 0 aliphatic carbocycles. The van der Waals surface area contributed by atoms with Crippen LogP contribution in [0.3, 0.4) is 0 Å². The van der Waals surface area contributed by atoms with E-state index in [1.54, 1.807) is 30.2 Å². The van der Waals surface area contributed by atoms with Gasteiger partial charge in [-0.05, 0) is 60.9 Å². The normalized spacial score (nSPS) is 14.8. The molecular formula is C28H33N3O5S. The summed E-state index contributed by atoms with van der Waals surface area (Å²) in [5.74, 6) is 0.782. The number of methoxy groups -OCH3 is 2. The van der Waals surface area contributed by atoms with Crippen LogP contribution in [-0.2, 0) is 21.2 Å². The minimum atomic E-state index is -4.03. The molecule has 1 fully saturated rings. The van der Waals surface area contributed by atoms with Crippen LogP contribution in [0.1, 0.15) is 11.1 Å². The van der Waals surface area contributed by atoms with Crippen molar-refractivity contribution >= 4 is 21.6 Å². The zero-order valence-electron chi connectivity index (χ0n) is 21.4. The Labute approximate surface area is 218 Å². The second-order valence-corrected chi connectivity index (χ2v) is 10.7. The molecule has 0 spiro atoms. The van der Waals surface area contributed by atoms with Gasteiger partial charge in [-0.3, -0.25) is 4.79 Å². The van der Waals surface area contributed by atoms with E-state index < -0.39 is 16.1 Å². The van der Waals surface area contributed by atoms with E-state index in [9.17, 15) is 13.2 Å². The molecule has 3 aromatic carbocycles. The van der Waals surface area contributed by atoms with Crippen LogP contribution in [0.2, 0.25) is 0 Å². The summed E-state index contributed by atoms with van der Waals surface area (Å²) in [7, 11) is -0.971. The minimum Gasteiger partial charge on any atom is -0.497 e. The van der Waals surface area contributed by atoms with Crippen LogP contribution in [-0.4, -0.2) is 65.7 Å². The lowest BCUT2D eigenvalue weighted by molar-refractivity contribution is -0.133. The van der Waals surface area contributed by atoms with Crippen molar-refractivity contribution in [3.8, 4) is 11.5 Å². The zero-order valence-corrected chi connectivity index (χ0v) is 22.2. The first kappa shape index (κ1) is 26.5. The summed E-state index contributed by atoms with van der Waals surface area (Å²) in [6, 6.07) is 21.3. The lowest BCUT2D eigenvalue weighted by Crippen LogP contribution is -2.55. The second kappa shape index (κ2) is 11.7. The molecule has 3 aromatic rings. The summed E-state index contributed by atoms with van der Waals surface area (Å²) in [5.41, 5.74) is 2.71. The number of hydrogen-bond donors (Lipinski definition) is 1. The fourth-order valence-corrected chi connectivity index (χ4v) is 5.92. The summed E-state index contributed by atoms with van der Waals surface area (Å²) in [6.07, 6.45) is 0.242. The first-order valence-electron chi connectivity index (χ1n) is 12.2. The van der Waals surface area contributed by atoms with E-state index in [0.717, 1.165) is 22.6 Å². The molecule has 1 atom stereocenters. The molecule has 37 heavy (non-hydrogen) atoms. The number of nitrogens with zero attached hydrogens (tertiary/aromatic N) is 2. The van der Waals surface area contributed by atoms with Crippen molar-refractivity contribution < 1.29 is 22.7 Å². The second-order valence-electron chi connectivity index (χ2n) is 9.03. The van der Waals surface area contributed by atoms with E-state index in [1.807, 2.05) is 61.5 Å². The smallest absolute Gasteiger partial charge is 0.244 e. The molecular weight excluding hydrogens is 490 g/mol. The van der Waals surface area contributed by atoms with Crippen LogP contribution in [0.5, 0.6) is 11.5 Å². The van der Waals surface area contributed by atoms with Crippen molar-refractivity contribution in [1.82, 2.24) is 9.62 Å². The van der Waals surface area contributed by atoms with Gasteiger partial charge in [0.25, 0.3) is 0 Å². The summed E-state index contributed by atoms with van der Waals surface area (Å²) < 4.78 is 40.1. The van der Waals surface area contributed by atoms with E-state index in [1.165, 1.54) is 7.11 Å². The number of anilines is 1. The van der Waals surface area contributed by atoms with E-state index >= 15 is 0 Å². The molecule has 9 heteroatoms. The van der Waals surface area contributed by atoms with Crippen LogP contribution in [0.15, 0.2) is 77.7 Å². The van der Waals surface area contributed by atoms with Crippen LogP contribution < -0.4 is 19.1 Å². The van der Waals surface area contributed by atoms with Gasteiger partial charge in [-0.15, -0.1) is 0 Å². The SMILES string of the molecule is COc1ccc(N2CCN(C(=O)[C@H](Cc3ccccc3)NS(=O)(=O)c3cc(C)ccc3OC)CC2)cc1. The van der Waals surface area contributed by atoms with E-state index in [0.29, 0.717) is 26.2 Å². The molecule has 0 saturated carbocycles. The Morgan fingerprint density at radius 3 is 2.22 bits per heavy atom. The van der Waals surface area contributed by atoms with Crippen molar-refractivity contribution in [1.29, 1.82) is 0 Å². The number of amides is 1. The third kappa shape index (κ3) is 6.42. The van der Waals surface area contributed by atoms with Crippen molar-refractivity contribution in [3.05, 3.63) is 83.9 Å². The summed E-state index contributed by atoms with van der Waals surface area (Å²) >= 11 is 0. The molecule has 0 bridgehead atoms. The number of sulfonamides is 1. The maximum atomic E-state index is 13.7. The number of carbonyl (C=O) groups excluding carboxylic acids is 1. The molecule has 0 aromatic heterocycles. The highest BCUT2D eigenvalue weighted by molar-refractivity contribution is 7.89. The minimum absolute atomic E-state index is 0.0187. The zero-order chi connectivity index (χ0) is 26.4. The van der Waals surface area contributed by atoms with Crippen molar-refractivity contribution in [3.63, 3.8) is 0 Å². The van der Waals surface area contributed by atoms with Crippen LogP contribution >= 0.6 is 0 Å². The van der Waals surface area contributed by atoms with Gasteiger partial charge in [0.2, 0.25) is 15.9 Å². The molecule has 0 unspecified atom stereocenters. The van der Waals surface area contributed by atoms with E-state index in [4.69, 9.17) is 9.47 Å². The maximum absolute atomic E-state index is 13.7. The Kier molecular flexibility index (Phi) is 8.35. The van der Waals surface area contributed by atoms with Crippen molar-refractivity contribution in [2.45, 2.75) is 24.3 Å². The van der Waals surface area contributed by atoms with Gasteiger partial charge in [-0.1, -0.05) is 36.4 Å². The van der Waals surface area contributed by atoms with Crippen LogP contribution in [0, 0.1) is 6.92 Å². The first-order chi connectivity index (χ1) is 17.8. The number of nitrogens with one attached hydrogen (secondary N) is 1. The Morgan fingerprint density at radius 2 is 1.59 bits per heavy atom. The molecule has 1 amide bonds. The van der Waals surface area contributed by atoms with Crippen LogP contribution in [0.4, 0.5) is 5.69 Å². The third-order valence-corrected chi connectivity index (χ3v) is 8.01. The van der Waals surface area contributed by atoms with E-state index in [2.05, 4.69) is 9.62 Å². The van der Waals surface area contributed by atoms with Gasteiger partial charge in [-0.25, -0.2) is 8.42 Å². The number of piperazine rings is 1. The lowest BCUT2D eigenvalue weighted by Gasteiger charge is -2.37. The monoisotopic (exact) mass is 523 g/mol. The Balaban J connectivity index is 1.53. The molecule has 1 saturated heterocycles. The number of benzene rings is 3. The standard InChI is InChI=1S/C28H33N3O5S/c1-21-9-14-26(36-3)27(19-21)37(33,34)29-25(20-22-7-5-4-6-8-22)28(32)31-17-15-30(16-18-31)23-10-12-24(35-2)13-11-23/h4-14,19,25,29H,15-18,20H2,1-3H3/t25-/m0/s1. The average Bonchev–Trinajstić information content (AvgIpc) is 2.93. The van der Waals surface area contributed by atoms with Gasteiger partial charge in [0.1, 0.15) is 22.4 Å². The van der Waals surface area contributed by atoms with Gasteiger partial charge >= 0.3 is 0 Å². The summed E-state index contributed by atoms with van der Waals surface area (Å²) in [5, 5.41) is 0. The fraction of sp³-hybridized carbons (Fsp3) is 0.321. The predicted octanol–water partition coefficient (Wildman–Crippen LogP) is 3.25. The molecule has 1 aliphatic rings. The molecule has 1 aliphatic heterocycles. The van der Waals surface area contributed by atoms with Crippen molar-refractivity contribution in [2.24, 2.45) is 0 Å². The van der Waals surface area contributed by atoms with E-state index in [-0.39, 0.29) is 23.0 Å². The average molecular weight is 524 g/mol. The van der Waals surface area contributed by atoms with Crippen LogP contribution in [0.25, 0.3) is 0 Å². The van der Waals surface area contributed by atoms with Gasteiger partial charge in [0.05, 0.1) is 14.2 Å². The highest BCUT2D eigenvalue weighted by Gasteiger charge is 2.32. The molecule has 4 rings (SSSR count). The van der Waals surface area contributed by atoms with Gasteiger partial charge < -0.3 is 19.3 Å². The Bertz CT molecular complexity index is 1310. The number of ether oxygens (including phenoxy) is 2. The Morgan fingerprint density at radius 1 is 0.919 bits per heavy atom. The van der Waals surface area contributed by atoms with Crippen molar-refractivity contribution in [2.75, 3.05) is 45.3 Å². The quantitative estimate of drug-likeness (QED) is 0.463. The lowest BCUT2D eigenvalue weighted by atomic mass is 10.1. The fourth-order valence-electron chi connectivity index (χ4n) is 4.47. The highest BCUT2D eigenvalue weighted by atomic mass is 32.2. The maximum Gasteiger partial charge on any atom is 0.244 e. The number of carbonyl (C=O) groups is 1. The highest BCUT2D eigenvalue weighted by Crippen LogP contribution is 2.26. The summed E-state index contributed by atoms with van der Waals surface area (Å²) in [4.78, 5) is 17.7. The molecule has 1 N–H and O–H groups in total. The topological polar surface area (TPSA) is 88.2 Å². The number of aryl methyl sites for hydroxylation is 1. The number of rotatable bonds is 9.